The van der Waals surface area contributed by atoms with Crippen molar-refractivity contribution < 1.29 is 19.1 Å². The van der Waals surface area contributed by atoms with Crippen molar-refractivity contribution in [3.63, 3.8) is 0 Å². The second-order valence-electron chi connectivity index (χ2n) is 6.27. The van der Waals surface area contributed by atoms with Crippen molar-refractivity contribution in [1.29, 1.82) is 0 Å². The van der Waals surface area contributed by atoms with Crippen LogP contribution in [0.4, 0.5) is 0 Å². The lowest BCUT2D eigenvalue weighted by Crippen LogP contribution is -2.52. The van der Waals surface area contributed by atoms with Crippen LogP contribution < -0.4 is 5.32 Å². The smallest absolute Gasteiger partial charge is 0.330 e. The Balaban J connectivity index is 1.96. The minimum atomic E-state index is -1.11. The Kier molecular flexibility index (Phi) is 5.03. The first-order chi connectivity index (χ1) is 10.8. The predicted molar refractivity (Wildman–Crippen MR) is 84.2 cm³/mol. The van der Waals surface area contributed by atoms with Crippen LogP contribution in [0.25, 0.3) is 0 Å². The van der Waals surface area contributed by atoms with Gasteiger partial charge < -0.3 is 15.0 Å². The van der Waals surface area contributed by atoms with Gasteiger partial charge in [-0.2, -0.15) is 0 Å². The van der Waals surface area contributed by atoms with Gasteiger partial charge in [0.25, 0.3) is 0 Å². The second-order valence-corrected chi connectivity index (χ2v) is 6.27. The van der Waals surface area contributed by atoms with Crippen LogP contribution in [-0.2, 0) is 25.7 Å². The highest BCUT2D eigenvalue weighted by Gasteiger charge is 2.38. The molecule has 23 heavy (non-hydrogen) atoms. The summed E-state index contributed by atoms with van der Waals surface area (Å²) in [6.45, 7) is 4.01. The highest BCUT2D eigenvalue weighted by atomic mass is 16.5. The maximum Gasteiger partial charge on any atom is 0.330 e. The second kappa shape index (κ2) is 6.81. The summed E-state index contributed by atoms with van der Waals surface area (Å²) in [7, 11) is 1.27. The SMILES string of the molecule is COC(=O)C(C)(C)NC(=O)[C@H]1CC(=O)N(Cc2ccccc2)C1. The number of methoxy groups -OCH3 is 1. The molecule has 1 fully saturated rings. The van der Waals surface area contributed by atoms with Gasteiger partial charge in [0.1, 0.15) is 5.54 Å². The average molecular weight is 318 g/mol. The molecule has 0 bridgehead atoms. The van der Waals surface area contributed by atoms with E-state index in [0.717, 1.165) is 5.56 Å². The predicted octanol–water partition coefficient (Wildman–Crippen LogP) is 1.10. The van der Waals surface area contributed by atoms with E-state index in [1.807, 2.05) is 30.3 Å². The molecule has 0 aliphatic carbocycles. The Hall–Kier alpha value is -2.37. The van der Waals surface area contributed by atoms with Gasteiger partial charge in [-0.25, -0.2) is 4.79 Å². The fourth-order valence-corrected chi connectivity index (χ4v) is 2.62. The highest BCUT2D eigenvalue weighted by molar-refractivity contribution is 5.92. The Morgan fingerprint density at radius 3 is 2.57 bits per heavy atom. The van der Waals surface area contributed by atoms with E-state index in [4.69, 9.17) is 0 Å². The average Bonchev–Trinajstić information content (AvgIpc) is 2.88. The van der Waals surface area contributed by atoms with Crippen molar-refractivity contribution in [2.24, 2.45) is 5.92 Å². The standard InChI is InChI=1S/C17H22N2O4/c1-17(2,16(22)23-3)18-15(21)13-9-14(20)19(11-13)10-12-7-5-4-6-8-12/h4-8,13H,9-11H2,1-3H3,(H,18,21)/t13-/m0/s1. The maximum atomic E-state index is 12.3. The topological polar surface area (TPSA) is 75.7 Å². The molecular formula is C17H22N2O4. The zero-order chi connectivity index (χ0) is 17.0. The molecule has 0 aromatic heterocycles. The Labute approximate surface area is 135 Å². The molecule has 2 amide bonds. The van der Waals surface area contributed by atoms with Crippen LogP contribution in [0.1, 0.15) is 25.8 Å². The molecule has 1 aliphatic rings. The van der Waals surface area contributed by atoms with Crippen LogP contribution in [0.2, 0.25) is 0 Å². The van der Waals surface area contributed by atoms with E-state index < -0.39 is 17.4 Å². The number of nitrogens with zero attached hydrogens (tertiary/aromatic N) is 1. The quantitative estimate of drug-likeness (QED) is 0.825. The monoisotopic (exact) mass is 318 g/mol. The first kappa shape index (κ1) is 17.0. The van der Waals surface area contributed by atoms with Gasteiger partial charge in [0.2, 0.25) is 11.8 Å². The van der Waals surface area contributed by atoms with E-state index in [1.165, 1.54) is 7.11 Å². The molecule has 124 valence electrons. The van der Waals surface area contributed by atoms with E-state index in [1.54, 1.807) is 18.7 Å². The molecule has 6 heteroatoms. The van der Waals surface area contributed by atoms with Gasteiger partial charge in [-0.1, -0.05) is 30.3 Å². The minimum absolute atomic E-state index is 0.0510. The van der Waals surface area contributed by atoms with Crippen LogP contribution in [0, 0.1) is 5.92 Å². The number of rotatable bonds is 5. The van der Waals surface area contributed by atoms with E-state index in [-0.39, 0.29) is 18.2 Å². The number of esters is 1. The van der Waals surface area contributed by atoms with Crippen LogP contribution in [-0.4, -0.2) is 41.9 Å². The van der Waals surface area contributed by atoms with Gasteiger partial charge in [0.15, 0.2) is 0 Å². The number of hydrogen-bond donors (Lipinski definition) is 1. The molecule has 1 N–H and O–H groups in total. The van der Waals surface area contributed by atoms with Crippen LogP contribution in [0.5, 0.6) is 0 Å². The minimum Gasteiger partial charge on any atom is -0.467 e. The molecule has 2 rings (SSSR count). The van der Waals surface area contributed by atoms with Crippen molar-refractivity contribution in [1.82, 2.24) is 10.2 Å². The van der Waals surface area contributed by atoms with Crippen molar-refractivity contribution in [2.75, 3.05) is 13.7 Å². The Morgan fingerprint density at radius 1 is 1.30 bits per heavy atom. The molecule has 1 aliphatic heterocycles. The summed E-state index contributed by atoms with van der Waals surface area (Å²) in [6.07, 6.45) is 0.163. The lowest BCUT2D eigenvalue weighted by molar-refractivity contribution is -0.149. The number of likely N-dealkylation sites (tertiary alicyclic amines) is 1. The Morgan fingerprint density at radius 2 is 1.96 bits per heavy atom. The summed E-state index contributed by atoms with van der Waals surface area (Å²) in [5.41, 5.74) is -0.0846. The summed E-state index contributed by atoms with van der Waals surface area (Å²) in [6, 6.07) is 9.64. The van der Waals surface area contributed by atoms with E-state index in [9.17, 15) is 14.4 Å². The van der Waals surface area contributed by atoms with Crippen molar-refractivity contribution in [3.8, 4) is 0 Å². The fraction of sp³-hybridized carbons (Fsp3) is 0.471. The molecule has 0 unspecified atom stereocenters. The van der Waals surface area contributed by atoms with Gasteiger partial charge in [0.05, 0.1) is 13.0 Å². The highest BCUT2D eigenvalue weighted by Crippen LogP contribution is 2.21. The van der Waals surface area contributed by atoms with Gasteiger partial charge in [0, 0.05) is 19.5 Å². The molecule has 0 spiro atoms. The van der Waals surface area contributed by atoms with Crippen molar-refractivity contribution in [3.05, 3.63) is 35.9 Å². The zero-order valence-corrected chi connectivity index (χ0v) is 13.7. The summed E-state index contributed by atoms with van der Waals surface area (Å²) < 4.78 is 4.67. The molecule has 6 nitrogen and oxygen atoms in total. The zero-order valence-electron chi connectivity index (χ0n) is 13.7. The Bertz CT molecular complexity index is 598. The number of carbonyl (C=O) groups excluding carboxylic acids is 3. The normalized spacial score (nSPS) is 18.0. The maximum absolute atomic E-state index is 12.3. The third kappa shape index (κ3) is 4.09. The van der Waals surface area contributed by atoms with Gasteiger partial charge in [-0.15, -0.1) is 0 Å². The number of carbonyl (C=O) groups is 3. The van der Waals surface area contributed by atoms with Crippen molar-refractivity contribution in [2.45, 2.75) is 32.4 Å². The molecule has 0 saturated carbocycles. The fourth-order valence-electron chi connectivity index (χ4n) is 2.62. The van der Waals surface area contributed by atoms with Gasteiger partial charge in [-0.3, -0.25) is 9.59 Å². The lowest BCUT2D eigenvalue weighted by atomic mass is 10.0. The van der Waals surface area contributed by atoms with E-state index in [0.29, 0.717) is 13.1 Å². The van der Waals surface area contributed by atoms with Gasteiger partial charge in [-0.05, 0) is 19.4 Å². The molecule has 1 heterocycles. The number of nitrogens with one attached hydrogen (secondary N) is 1. The first-order valence-electron chi connectivity index (χ1n) is 7.55. The molecule has 1 saturated heterocycles. The van der Waals surface area contributed by atoms with Crippen LogP contribution >= 0.6 is 0 Å². The molecule has 1 aromatic carbocycles. The third-order valence-electron chi connectivity index (χ3n) is 3.93. The molecule has 1 atom stereocenters. The van der Waals surface area contributed by atoms with Crippen LogP contribution in [0.15, 0.2) is 30.3 Å². The summed E-state index contributed by atoms with van der Waals surface area (Å²) in [5, 5.41) is 2.66. The third-order valence-corrected chi connectivity index (χ3v) is 3.93. The summed E-state index contributed by atoms with van der Waals surface area (Å²) in [5.74, 6) is -1.32. The number of hydrogen-bond acceptors (Lipinski definition) is 4. The van der Waals surface area contributed by atoms with Gasteiger partial charge >= 0.3 is 5.97 Å². The molecular weight excluding hydrogens is 296 g/mol. The first-order valence-corrected chi connectivity index (χ1v) is 7.55. The van der Waals surface area contributed by atoms with E-state index in [2.05, 4.69) is 10.1 Å². The summed E-state index contributed by atoms with van der Waals surface area (Å²) in [4.78, 5) is 37.7. The molecule has 0 radical (unpaired) electrons. The van der Waals surface area contributed by atoms with E-state index >= 15 is 0 Å². The largest absolute Gasteiger partial charge is 0.467 e. The van der Waals surface area contributed by atoms with Crippen LogP contribution in [0.3, 0.4) is 0 Å². The number of amides is 2. The lowest BCUT2D eigenvalue weighted by Gasteiger charge is -2.25. The summed E-state index contributed by atoms with van der Waals surface area (Å²) >= 11 is 0. The number of benzene rings is 1. The molecule has 1 aromatic rings. The van der Waals surface area contributed by atoms with Crippen molar-refractivity contribution >= 4 is 17.8 Å². The number of ether oxygens (including phenoxy) is 1.